The highest BCUT2D eigenvalue weighted by molar-refractivity contribution is 5.80. The number of aliphatic hydroxyl groups excluding tert-OH is 1. The molecule has 3 rings (SSSR count). The van der Waals surface area contributed by atoms with Crippen LogP contribution in [0.1, 0.15) is 18.5 Å². The molecule has 2 aliphatic heterocycles. The molecular weight excluding hydrogens is 322 g/mol. The number of aromatic nitrogens is 1. The summed E-state index contributed by atoms with van der Waals surface area (Å²) in [5.41, 5.74) is 0.878. The lowest BCUT2D eigenvalue weighted by Crippen LogP contribution is -2.54. The zero-order valence-corrected chi connectivity index (χ0v) is 15.0. The lowest BCUT2D eigenvalue weighted by atomic mass is 9.81. The highest BCUT2D eigenvalue weighted by atomic mass is 16.5. The second-order valence-electron chi connectivity index (χ2n) is 6.93. The molecule has 0 unspecified atom stereocenters. The lowest BCUT2D eigenvalue weighted by Gasteiger charge is -2.39. The van der Waals surface area contributed by atoms with Crippen molar-refractivity contribution < 1.29 is 14.4 Å². The van der Waals surface area contributed by atoms with Gasteiger partial charge in [0.2, 0.25) is 0 Å². The van der Waals surface area contributed by atoms with Gasteiger partial charge in [-0.25, -0.2) is 0 Å². The van der Waals surface area contributed by atoms with Crippen LogP contribution >= 0.6 is 0 Å². The summed E-state index contributed by atoms with van der Waals surface area (Å²) in [5.74, 6) is 0.917. The van der Waals surface area contributed by atoms with E-state index in [9.17, 15) is 5.11 Å². The number of rotatable bonds is 5. The first-order chi connectivity index (χ1) is 12.2. The van der Waals surface area contributed by atoms with E-state index in [1.165, 1.54) is 0 Å². The molecule has 25 heavy (non-hydrogen) atoms. The van der Waals surface area contributed by atoms with Crippen molar-refractivity contribution in [3.05, 3.63) is 18.0 Å². The summed E-state index contributed by atoms with van der Waals surface area (Å²) in [6, 6.07) is 1.91. The SMILES string of the molecule is CN=C(NCC1(CO)CCOCC1)N1CCN(Cc2ccon2)CC1. The number of nitrogens with zero attached hydrogens (tertiary/aromatic N) is 4. The molecule has 2 saturated heterocycles. The van der Waals surface area contributed by atoms with Crippen LogP contribution in [0.15, 0.2) is 21.8 Å². The zero-order chi connectivity index (χ0) is 17.5. The molecule has 0 atom stereocenters. The van der Waals surface area contributed by atoms with Crippen LogP contribution in [0.4, 0.5) is 0 Å². The van der Waals surface area contributed by atoms with Crippen LogP contribution in [0, 0.1) is 5.41 Å². The van der Waals surface area contributed by atoms with Crippen molar-refractivity contribution in [1.29, 1.82) is 0 Å². The van der Waals surface area contributed by atoms with Gasteiger partial charge in [-0.15, -0.1) is 0 Å². The number of aliphatic hydroxyl groups is 1. The third-order valence-corrected chi connectivity index (χ3v) is 5.27. The second kappa shape index (κ2) is 8.64. The number of hydrogen-bond acceptors (Lipinski definition) is 6. The summed E-state index contributed by atoms with van der Waals surface area (Å²) >= 11 is 0. The first-order valence-corrected chi connectivity index (χ1v) is 9.00. The van der Waals surface area contributed by atoms with Crippen LogP contribution in [0.3, 0.4) is 0 Å². The fourth-order valence-electron chi connectivity index (χ4n) is 3.46. The minimum atomic E-state index is -0.0943. The summed E-state index contributed by atoms with van der Waals surface area (Å²) in [6.07, 6.45) is 3.39. The van der Waals surface area contributed by atoms with Crippen molar-refractivity contribution in [2.75, 3.05) is 59.6 Å². The summed E-state index contributed by atoms with van der Waals surface area (Å²) < 4.78 is 10.3. The van der Waals surface area contributed by atoms with Gasteiger partial charge in [0.05, 0.1) is 12.3 Å². The topological polar surface area (TPSA) is 86.4 Å². The molecule has 2 N–H and O–H groups in total. The highest BCUT2D eigenvalue weighted by Crippen LogP contribution is 2.29. The van der Waals surface area contributed by atoms with Gasteiger partial charge in [0, 0.05) is 71.0 Å². The van der Waals surface area contributed by atoms with Crippen molar-refractivity contribution >= 4 is 5.96 Å². The Bertz CT molecular complexity index is 534. The van der Waals surface area contributed by atoms with E-state index in [4.69, 9.17) is 9.26 Å². The molecule has 1 aromatic heterocycles. The molecule has 3 heterocycles. The van der Waals surface area contributed by atoms with E-state index in [0.717, 1.165) is 77.0 Å². The van der Waals surface area contributed by atoms with E-state index in [1.807, 2.05) is 13.1 Å². The molecule has 2 fully saturated rings. The van der Waals surface area contributed by atoms with Gasteiger partial charge in [-0.2, -0.15) is 0 Å². The molecule has 0 saturated carbocycles. The van der Waals surface area contributed by atoms with Gasteiger partial charge in [0.1, 0.15) is 6.26 Å². The number of hydrogen-bond donors (Lipinski definition) is 2. The first kappa shape index (κ1) is 18.2. The molecule has 0 aromatic carbocycles. The van der Waals surface area contributed by atoms with Crippen LogP contribution in [-0.4, -0.2) is 85.6 Å². The van der Waals surface area contributed by atoms with Crippen molar-refractivity contribution in [3.63, 3.8) is 0 Å². The molecule has 1 aromatic rings. The first-order valence-electron chi connectivity index (χ1n) is 9.00. The average molecular weight is 351 g/mol. The Kier molecular flexibility index (Phi) is 6.28. The van der Waals surface area contributed by atoms with E-state index >= 15 is 0 Å². The molecule has 2 aliphatic rings. The minimum absolute atomic E-state index is 0.0943. The van der Waals surface area contributed by atoms with E-state index in [0.29, 0.717) is 0 Å². The molecule has 0 bridgehead atoms. The van der Waals surface area contributed by atoms with Crippen LogP contribution in [0.25, 0.3) is 0 Å². The van der Waals surface area contributed by atoms with E-state index in [2.05, 4.69) is 25.3 Å². The van der Waals surface area contributed by atoms with Gasteiger partial charge in [0.25, 0.3) is 0 Å². The predicted molar refractivity (Wildman–Crippen MR) is 94.3 cm³/mol. The quantitative estimate of drug-likeness (QED) is 0.577. The summed E-state index contributed by atoms with van der Waals surface area (Å²) in [6.45, 7) is 6.97. The van der Waals surface area contributed by atoms with E-state index in [-0.39, 0.29) is 12.0 Å². The van der Waals surface area contributed by atoms with Crippen LogP contribution in [0.2, 0.25) is 0 Å². The van der Waals surface area contributed by atoms with Gasteiger partial charge in [0.15, 0.2) is 5.96 Å². The number of nitrogens with one attached hydrogen (secondary N) is 1. The van der Waals surface area contributed by atoms with Gasteiger partial charge < -0.3 is 24.6 Å². The molecule has 0 radical (unpaired) electrons. The van der Waals surface area contributed by atoms with Gasteiger partial charge in [-0.3, -0.25) is 9.89 Å². The van der Waals surface area contributed by atoms with E-state index < -0.39 is 0 Å². The molecule has 0 aliphatic carbocycles. The Morgan fingerprint density at radius 1 is 1.32 bits per heavy atom. The highest BCUT2D eigenvalue weighted by Gasteiger charge is 2.32. The summed E-state index contributed by atoms with van der Waals surface area (Å²) in [4.78, 5) is 9.09. The number of ether oxygens (including phenoxy) is 1. The smallest absolute Gasteiger partial charge is 0.193 e. The predicted octanol–water partition coefficient (Wildman–Crippen LogP) is 0.157. The zero-order valence-electron chi connectivity index (χ0n) is 15.0. The number of guanidine groups is 1. The van der Waals surface area contributed by atoms with Crippen LogP contribution in [-0.2, 0) is 11.3 Å². The maximum Gasteiger partial charge on any atom is 0.193 e. The largest absolute Gasteiger partial charge is 0.396 e. The van der Waals surface area contributed by atoms with Gasteiger partial charge in [-0.1, -0.05) is 5.16 Å². The fraction of sp³-hybridized carbons (Fsp3) is 0.765. The van der Waals surface area contributed by atoms with Crippen molar-refractivity contribution in [2.24, 2.45) is 10.4 Å². The lowest BCUT2D eigenvalue weighted by molar-refractivity contribution is -0.0135. The third-order valence-electron chi connectivity index (χ3n) is 5.27. The molecule has 0 amide bonds. The van der Waals surface area contributed by atoms with Crippen molar-refractivity contribution in [2.45, 2.75) is 19.4 Å². The standard InChI is InChI=1S/C17H29N5O3/c1-18-16(19-13-17(14-23)3-10-24-11-4-17)22-7-5-21(6-8-22)12-15-2-9-25-20-15/h2,9,23H,3-8,10-14H2,1H3,(H,18,19). The van der Waals surface area contributed by atoms with Crippen LogP contribution < -0.4 is 5.32 Å². The van der Waals surface area contributed by atoms with E-state index in [1.54, 1.807) is 6.26 Å². The minimum Gasteiger partial charge on any atom is -0.396 e. The third kappa shape index (κ3) is 4.71. The normalized spacial score (nSPS) is 22.2. The maximum absolute atomic E-state index is 9.83. The van der Waals surface area contributed by atoms with Gasteiger partial charge in [-0.05, 0) is 12.8 Å². The van der Waals surface area contributed by atoms with Crippen LogP contribution in [0.5, 0.6) is 0 Å². The summed E-state index contributed by atoms with van der Waals surface area (Å²) in [5, 5.41) is 17.3. The maximum atomic E-state index is 9.83. The Morgan fingerprint density at radius 3 is 2.68 bits per heavy atom. The molecule has 140 valence electrons. The summed E-state index contributed by atoms with van der Waals surface area (Å²) in [7, 11) is 1.82. The average Bonchev–Trinajstić information content (AvgIpc) is 3.17. The molecule has 8 nitrogen and oxygen atoms in total. The second-order valence-corrected chi connectivity index (χ2v) is 6.93. The molecular formula is C17H29N5O3. The fourth-order valence-corrected chi connectivity index (χ4v) is 3.46. The van der Waals surface area contributed by atoms with Crippen molar-refractivity contribution in [3.8, 4) is 0 Å². The number of aliphatic imine (C=N–C) groups is 1. The number of piperazine rings is 1. The molecule has 0 spiro atoms. The van der Waals surface area contributed by atoms with Gasteiger partial charge >= 0.3 is 0 Å². The Morgan fingerprint density at radius 2 is 2.08 bits per heavy atom. The Hall–Kier alpha value is -1.64. The Labute approximate surface area is 148 Å². The molecule has 8 heteroatoms. The Balaban J connectivity index is 1.47. The monoisotopic (exact) mass is 351 g/mol. The van der Waals surface area contributed by atoms with Crippen molar-refractivity contribution in [1.82, 2.24) is 20.3 Å².